The van der Waals surface area contributed by atoms with Crippen molar-refractivity contribution in [2.75, 3.05) is 114 Å². The van der Waals surface area contributed by atoms with Crippen molar-refractivity contribution in [2.24, 2.45) is 22.4 Å². The van der Waals surface area contributed by atoms with Crippen LogP contribution in [0.15, 0.2) is 41.2 Å². The second kappa shape index (κ2) is 66.7. The average Bonchev–Trinajstić information content (AvgIpc) is 3.87. The molecule has 2 aliphatic heterocycles. The molecule has 6 N–H and O–H groups in total. The summed E-state index contributed by atoms with van der Waals surface area (Å²) in [4.78, 5) is 21.7. The standard InChI is InChI=1S/C8H10O.C7H13N2.C7H16N.C7H17N.C6H15N.C5H13N3.C5H10O2.C5H12.C4H10S.C3H8S.C2H6/c1-2-7-3-5-8(9)6-4-7;1-4-7-5-9(2,3)6-8-7;1-7-5-4-6-8(7,2)3;1-4-5-6-7-8(2)3;1-4-5-6-7(2)3;1-2-3-4-8-5(6)7;1-3-4-5(6)7-2;1-4-5(2)3;1-3-4-5-2;1-3-4-2;1-2/h3-6,9H,2H2,1H3;5-6H,4H2,1-3H3;7H,4-6H2,1-3H3;4-7H2,1-3H3;4-6H2,1-3H3;2-4H2,1H3,(H4,6,7,8);3-4H2,1-2H3;5H,4H2,1-3H3;3-4H2,1-2H3;3H2,1-2H3;1-2H3/q;2*+1;;;;;;;;/p+1. The Kier molecular flexibility index (Phi) is 80.1. The number of phenols is 1. The number of aryl methyl sites for hydroxylation is 1. The number of hydrogen-bond acceptors (Lipinski definition) is 8. The summed E-state index contributed by atoms with van der Waals surface area (Å²) in [6.45, 7) is 34.8. The molecule has 0 aliphatic carbocycles. The van der Waals surface area contributed by atoms with Crippen LogP contribution in [-0.2, 0) is 16.0 Å². The van der Waals surface area contributed by atoms with E-state index in [9.17, 15) is 4.79 Å². The van der Waals surface area contributed by atoms with Crippen LogP contribution in [0.3, 0.4) is 0 Å². The summed E-state index contributed by atoms with van der Waals surface area (Å²) in [5, 5.41) is 8.85. The highest BCUT2D eigenvalue weighted by molar-refractivity contribution is 7.98. The molecular formula is C59H131N8O3S2+3. The van der Waals surface area contributed by atoms with Gasteiger partial charge in [-0.25, -0.2) is 4.99 Å². The van der Waals surface area contributed by atoms with Crippen molar-refractivity contribution in [1.29, 1.82) is 0 Å². The maximum absolute atomic E-state index is 10.2. The van der Waals surface area contributed by atoms with E-state index in [0.29, 0.717) is 18.1 Å². The van der Waals surface area contributed by atoms with Crippen molar-refractivity contribution in [3.05, 3.63) is 41.7 Å². The predicted molar refractivity (Wildman–Crippen MR) is 334 cm³/mol. The quantitative estimate of drug-likeness (QED) is 0.0373. The molecule has 434 valence electrons. The number of methoxy groups -OCH3 is 1. The van der Waals surface area contributed by atoms with E-state index >= 15 is 0 Å². The Balaban J connectivity index is -0.000000106. The van der Waals surface area contributed by atoms with Crippen molar-refractivity contribution in [1.82, 2.24) is 9.80 Å². The largest absolute Gasteiger partial charge is 0.508 e. The number of nitrogens with one attached hydrogen (secondary N) is 1. The van der Waals surface area contributed by atoms with Crippen LogP contribution in [0.1, 0.15) is 192 Å². The van der Waals surface area contributed by atoms with Crippen LogP contribution in [0, 0.1) is 5.92 Å². The van der Waals surface area contributed by atoms with Gasteiger partial charge in [0.25, 0.3) is 0 Å². The van der Waals surface area contributed by atoms with E-state index in [1.807, 2.05) is 62.8 Å². The minimum absolute atomic E-state index is 0.123. The van der Waals surface area contributed by atoms with Crippen LogP contribution in [0.4, 0.5) is 0 Å². The summed E-state index contributed by atoms with van der Waals surface area (Å²) >= 11 is 3.76. The number of unbranched alkanes of at least 4 members (excludes halogenated alkanes) is 4. The van der Waals surface area contributed by atoms with Crippen LogP contribution in [0.5, 0.6) is 5.75 Å². The van der Waals surface area contributed by atoms with Gasteiger partial charge in [-0.15, -0.1) is 0 Å². The number of esters is 1. The van der Waals surface area contributed by atoms with Gasteiger partial charge < -0.3 is 24.1 Å². The Morgan fingerprint density at radius 2 is 1.28 bits per heavy atom. The number of phenolic OH excluding ortho intramolecular Hbond substituents is 1. The third-order valence-electron chi connectivity index (χ3n) is 10.5. The van der Waals surface area contributed by atoms with Gasteiger partial charge >= 0.3 is 11.9 Å². The first-order valence-corrected chi connectivity index (χ1v) is 30.8. The summed E-state index contributed by atoms with van der Waals surface area (Å²) in [7, 11) is 18.7. The Hall–Kier alpha value is -2.29. The fraction of sp³-hybridized carbons (Fsp3) is 0.814. The van der Waals surface area contributed by atoms with Crippen molar-refractivity contribution < 1.29 is 28.6 Å². The van der Waals surface area contributed by atoms with Crippen molar-refractivity contribution in [2.45, 2.75) is 199 Å². The summed E-state index contributed by atoms with van der Waals surface area (Å²) in [6.07, 6.45) is 26.2. The fourth-order valence-corrected chi connectivity index (χ4v) is 5.43. The zero-order chi connectivity index (χ0) is 57.8. The first kappa shape index (κ1) is 86.4. The maximum atomic E-state index is 10.2. The molecule has 72 heavy (non-hydrogen) atoms. The molecule has 0 amide bonds. The fourth-order valence-electron chi connectivity index (χ4n) is 5.02. The lowest BCUT2D eigenvalue weighted by molar-refractivity contribution is -0.900. The van der Waals surface area contributed by atoms with Crippen molar-refractivity contribution in [3.8, 4) is 5.75 Å². The number of nitrogens with zero attached hydrogens (tertiary/aromatic N) is 5. The number of carbonyl (C=O) groups is 1. The van der Waals surface area contributed by atoms with Crippen molar-refractivity contribution in [3.63, 3.8) is 0 Å². The maximum Gasteiger partial charge on any atom is 0.338 e. The van der Waals surface area contributed by atoms with Crippen LogP contribution in [0.25, 0.3) is 0 Å². The van der Waals surface area contributed by atoms with Gasteiger partial charge in [0.1, 0.15) is 11.9 Å². The lowest BCUT2D eigenvalue weighted by Crippen LogP contribution is -2.78. The number of aliphatic imine (C=N–C) groups is 1. The number of benzene rings is 1. The van der Waals surface area contributed by atoms with E-state index in [4.69, 9.17) is 16.6 Å². The Morgan fingerprint density at radius 1 is 0.792 bits per heavy atom. The van der Waals surface area contributed by atoms with Crippen LogP contribution >= 0.6 is 23.5 Å². The van der Waals surface area contributed by atoms with Crippen LogP contribution < -0.4 is 16.5 Å². The van der Waals surface area contributed by atoms with E-state index in [-0.39, 0.29) is 5.97 Å². The van der Waals surface area contributed by atoms with Gasteiger partial charge in [-0.05, 0) is 141 Å². The number of carbonyl (C=O) groups excluding carboxylic acids is 1. The number of guanidine groups is 1. The van der Waals surface area contributed by atoms with Crippen molar-refractivity contribution >= 4 is 41.8 Å². The number of hydrogen-bond donors (Lipinski definition) is 4. The smallest absolute Gasteiger partial charge is 0.338 e. The normalized spacial score (nSPS) is 13.6. The second-order valence-electron chi connectivity index (χ2n) is 19.5. The third kappa shape index (κ3) is 84.5. The Morgan fingerprint density at radius 3 is 1.49 bits per heavy atom. The Bertz CT molecular complexity index is 1270. The minimum atomic E-state index is -0.123. The minimum Gasteiger partial charge on any atom is -0.508 e. The lowest BCUT2D eigenvalue weighted by Gasteiger charge is -2.28. The highest BCUT2D eigenvalue weighted by atomic mass is 32.2. The molecule has 2 aliphatic rings. The molecule has 11 nitrogen and oxygen atoms in total. The van der Waals surface area contributed by atoms with E-state index < -0.39 is 0 Å². The SMILES string of the molecule is CC.CC1CCC[N+]1(C)C.CCC(C)C.CCC1=C[N+](C)(C)C=N1.CCCC(=O)OC.CCCCCN(C)C.CCCCN(C)C.CCCC[NH+]=C(N)N.CCCSC.CCSC.CCc1ccc(O)cc1. The number of aromatic hydroxyl groups is 1. The van der Waals surface area contributed by atoms with Crippen LogP contribution in [0.2, 0.25) is 0 Å². The molecule has 0 saturated carbocycles. The predicted octanol–water partition coefficient (Wildman–Crippen LogP) is 12.9. The van der Waals surface area contributed by atoms with Gasteiger partial charge in [0.15, 0.2) is 6.34 Å². The molecule has 1 atom stereocenters. The highest BCUT2D eigenvalue weighted by Crippen LogP contribution is 2.20. The zero-order valence-corrected chi connectivity index (χ0v) is 54.6. The molecule has 0 bridgehead atoms. The van der Waals surface area contributed by atoms with Gasteiger partial charge in [0.05, 0.1) is 60.1 Å². The van der Waals surface area contributed by atoms with Gasteiger partial charge in [-0.1, -0.05) is 134 Å². The first-order chi connectivity index (χ1) is 33.8. The lowest BCUT2D eigenvalue weighted by atomic mass is 10.2. The monoisotopic (exact) mass is 1060 g/mol. The topological polar surface area (TPSA) is 131 Å². The molecule has 1 aromatic rings. The van der Waals surface area contributed by atoms with Gasteiger partial charge in [-0.3, -0.25) is 25.7 Å². The summed E-state index contributed by atoms with van der Waals surface area (Å²) in [5.74, 6) is 3.96. The summed E-state index contributed by atoms with van der Waals surface area (Å²) in [5.41, 5.74) is 12.7. The number of quaternary nitrogens is 2. The van der Waals surface area contributed by atoms with E-state index in [1.54, 1.807) is 12.1 Å². The molecule has 1 saturated heterocycles. The number of likely N-dealkylation sites (tertiary alicyclic amines) is 1. The van der Waals surface area contributed by atoms with E-state index in [0.717, 1.165) is 48.7 Å². The first-order valence-electron chi connectivity index (χ1n) is 28.0. The van der Waals surface area contributed by atoms with Gasteiger partial charge in [0.2, 0.25) is 0 Å². The summed E-state index contributed by atoms with van der Waals surface area (Å²) < 4.78 is 6.38. The molecule has 2 heterocycles. The number of rotatable bonds is 18. The number of allylic oxidation sites excluding steroid dienone is 1. The van der Waals surface area contributed by atoms with E-state index in [2.05, 4.69) is 176 Å². The average molecular weight is 1060 g/mol. The highest BCUT2D eigenvalue weighted by Gasteiger charge is 2.29. The zero-order valence-electron chi connectivity index (χ0n) is 52.9. The van der Waals surface area contributed by atoms with E-state index in [1.165, 1.54) is 118 Å². The molecule has 1 aromatic carbocycles. The molecular weight excluding hydrogens is 933 g/mol. The molecule has 0 radical (unpaired) electrons. The van der Waals surface area contributed by atoms with Crippen LogP contribution in [-0.4, -0.2) is 162 Å². The molecule has 1 fully saturated rings. The Labute approximate surface area is 460 Å². The molecule has 0 aromatic heterocycles. The van der Waals surface area contributed by atoms with Gasteiger partial charge in [-0.2, -0.15) is 23.5 Å². The van der Waals surface area contributed by atoms with Gasteiger partial charge in [0, 0.05) is 19.3 Å². The third-order valence-corrected chi connectivity index (χ3v) is 11.9. The molecule has 0 spiro atoms. The molecule has 3 rings (SSSR count). The second-order valence-corrected chi connectivity index (χ2v) is 21.6. The molecule has 1 unspecified atom stereocenters. The number of nitrogens with two attached hydrogens (primary N) is 2. The molecule has 13 heteroatoms. The number of ether oxygens (including phenoxy) is 1. The summed E-state index contributed by atoms with van der Waals surface area (Å²) in [6, 6.07) is 8.16. The number of thioether (sulfide) groups is 2.